The molecule has 1 aromatic carbocycles. The van der Waals surface area contributed by atoms with Crippen molar-refractivity contribution in [3.05, 3.63) is 54.4 Å². The van der Waals surface area contributed by atoms with Crippen LogP contribution in [0.5, 0.6) is 0 Å². The van der Waals surface area contributed by atoms with Gasteiger partial charge in [0.2, 0.25) is 11.8 Å². The molecule has 120 valence electrons. The fourth-order valence-electron chi connectivity index (χ4n) is 3.01. The Morgan fingerprint density at radius 3 is 2.48 bits per heavy atom. The maximum Gasteiger partial charge on any atom is 0.227 e. The highest BCUT2D eigenvalue weighted by Gasteiger charge is 2.26. The Hall–Kier alpha value is -2.56. The van der Waals surface area contributed by atoms with Gasteiger partial charge in [0.15, 0.2) is 0 Å². The number of carbonyl (C=O) groups excluding carboxylic acids is 2. The van der Waals surface area contributed by atoms with Gasteiger partial charge < -0.3 is 15.2 Å². The molecule has 0 bridgehead atoms. The molecule has 1 aliphatic heterocycles. The third-order valence-electron chi connectivity index (χ3n) is 4.37. The van der Waals surface area contributed by atoms with Gasteiger partial charge in [-0.15, -0.1) is 0 Å². The number of benzene rings is 1. The number of rotatable bonds is 4. The molecule has 5 nitrogen and oxygen atoms in total. The van der Waals surface area contributed by atoms with E-state index < -0.39 is 0 Å². The summed E-state index contributed by atoms with van der Waals surface area (Å²) in [5, 5.41) is 0. The maximum absolute atomic E-state index is 12.4. The summed E-state index contributed by atoms with van der Waals surface area (Å²) in [6.07, 6.45) is 5.95. The maximum atomic E-state index is 12.4. The van der Waals surface area contributed by atoms with Gasteiger partial charge in [0, 0.05) is 31.2 Å². The van der Waals surface area contributed by atoms with Gasteiger partial charge in [-0.2, -0.15) is 0 Å². The predicted octanol–water partition coefficient (Wildman–Crippen LogP) is 1.74. The Labute approximate surface area is 135 Å². The fraction of sp³-hybridized carbons (Fsp3) is 0.333. The molecule has 1 saturated heterocycles. The zero-order chi connectivity index (χ0) is 16.2. The summed E-state index contributed by atoms with van der Waals surface area (Å²) in [7, 11) is 0. The first-order chi connectivity index (χ1) is 11.1. The van der Waals surface area contributed by atoms with Crippen molar-refractivity contribution in [3.63, 3.8) is 0 Å². The molecule has 2 aromatic rings. The van der Waals surface area contributed by atoms with E-state index in [0.29, 0.717) is 19.5 Å². The quantitative estimate of drug-likeness (QED) is 0.934. The van der Waals surface area contributed by atoms with E-state index in [9.17, 15) is 9.59 Å². The predicted molar refractivity (Wildman–Crippen MR) is 88.0 cm³/mol. The molecule has 0 saturated carbocycles. The van der Waals surface area contributed by atoms with Crippen LogP contribution in [0.25, 0.3) is 5.69 Å². The summed E-state index contributed by atoms with van der Waals surface area (Å²) in [6, 6.07) is 11.9. The average Bonchev–Trinajstić information content (AvgIpc) is 3.10. The number of carbonyl (C=O) groups is 2. The molecule has 23 heavy (non-hydrogen) atoms. The van der Waals surface area contributed by atoms with Gasteiger partial charge in [-0.3, -0.25) is 9.59 Å². The Kier molecular flexibility index (Phi) is 4.46. The Balaban J connectivity index is 1.62. The first kappa shape index (κ1) is 15.3. The molecule has 2 heterocycles. The molecule has 5 heteroatoms. The van der Waals surface area contributed by atoms with Crippen LogP contribution in [0.1, 0.15) is 18.4 Å². The Morgan fingerprint density at radius 1 is 1.13 bits per heavy atom. The molecule has 3 rings (SSSR count). The van der Waals surface area contributed by atoms with Crippen LogP contribution in [0.15, 0.2) is 48.8 Å². The number of likely N-dealkylation sites (tertiary alicyclic amines) is 1. The number of aromatic nitrogens is 1. The molecule has 2 N–H and O–H groups in total. The number of nitrogens with zero attached hydrogens (tertiary/aromatic N) is 2. The number of hydrogen-bond acceptors (Lipinski definition) is 2. The number of amides is 2. The first-order valence-corrected chi connectivity index (χ1v) is 7.93. The second-order valence-corrected chi connectivity index (χ2v) is 6.01. The van der Waals surface area contributed by atoms with Crippen molar-refractivity contribution in [2.45, 2.75) is 19.3 Å². The van der Waals surface area contributed by atoms with E-state index in [1.54, 1.807) is 4.90 Å². The number of hydrogen-bond donors (Lipinski definition) is 1. The summed E-state index contributed by atoms with van der Waals surface area (Å²) in [5.41, 5.74) is 7.41. The van der Waals surface area contributed by atoms with Crippen LogP contribution in [-0.4, -0.2) is 34.4 Å². The number of nitrogens with two attached hydrogens (primary N) is 1. The second kappa shape index (κ2) is 6.69. The lowest BCUT2D eigenvalue weighted by Crippen LogP contribution is -2.44. The van der Waals surface area contributed by atoms with Crippen LogP contribution >= 0.6 is 0 Å². The van der Waals surface area contributed by atoms with Crippen molar-refractivity contribution in [1.29, 1.82) is 0 Å². The summed E-state index contributed by atoms with van der Waals surface area (Å²) in [6.45, 7) is 1.17. The zero-order valence-corrected chi connectivity index (χ0v) is 13.0. The highest BCUT2D eigenvalue weighted by Crippen LogP contribution is 2.18. The lowest BCUT2D eigenvalue weighted by atomic mass is 9.97. The van der Waals surface area contributed by atoms with Gasteiger partial charge in [-0.25, -0.2) is 0 Å². The van der Waals surface area contributed by atoms with E-state index in [4.69, 9.17) is 5.73 Å². The van der Waals surface area contributed by atoms with E-state index >= 15 is 0 Å². The highest BCUT2D eigenvalue weighted by atomic mass is 16.2. The van der Waals surface area contributed by atoms with Gasteiger partial charge in [0.1, 0.15) is 0 Å². The molecular weight excluding hydrogens is 290 g/mol. The lowest BCUT2D eigenvalue weighted by Gasteiger charge is -2.31. The molecule has 0 aliphatic carbocycles. The van der Waals surface area contributed by atoms with E-state index in [2.05, 4.69) is 0 Å². The minimum absolute atomic E-state index is 0.0599. The van der Waals surface area contributed by atoms with E-state index in [1.807, 2.05) is 53.4 Å². The molecule has 0 spiro atoms. The van der Waals surface area contributed by atoms with Crippen molar-refractivity contribution >= 4 is 11.8 Å². The van der Waals surface area contributed by atoms with E-state index in [-0.39, 0.29) is 17.7 Å². The first-order valence-electron chi connectivity index (χ1n) is 7.93. The van der Waals surface area contributed by atoms with E-state index in [1.165, 1.54) is 0 Å². The second-order valence-electron chi connectivity index (χ2n) is 6.01. The van der Waals surface area contributed by atoms with Crippen LogP contribution in [0, 0.1) is 5.92 Å². The molecule has 0 radical (unpaired) electrons. The zero-order valence-electron chi connectivity index (χ0n) is 13.0. The monoisotopic (exact) mass is 311 g/mol. The molecule has 1 atom stereocenters. The fourth-order valence-corrected chi connectivity index (χ4v) is 3.01. The average molecular weight is 311 g/mol. The number of piperidine rings is 1. The molecule has 1 fully saturated rings. The SMILES string of the molecule is NC(=O)[C@H]1CCCN(C(=O)Cc2ccc(-n3cccc3)cc2)C1. The van der Waals surface area contributed by atoms with Crippen LogP contribution < -0.4 is 5.73 Å². The van der Waals surface area contributed by atoms with Gasteiger partial charge in [-0.1, -0.05) is 12.1 Å². The minimum atomic E-state index is -0.307. The largest absolute Gasteiger partial charge is 0.369 e. The lowest BCUT2D eigenvalue weighted by molar-refractivity contribution is -0.134. The molecule has 2 amide bonds. The topological polar surface area (TPSA) is 68.3 Å². The Morgan fingerprint density at radius 2 is 1.83 bits per heavy atom. The third kappa shape index (κ3) is 3.62. The van der Waals surface area contributed by atoms with Crippen molar-refractivity contribution in [2.24, 2.45) is 11.7 Å². The summed E-state index contributed by atoms with van der Waals surface area (Å²) < 4.78 is 2.02. The van der Waals surface area contributed by atoms with Crippen molar-refractivity contribution < 1.29 is 9.59 Å². The van der Waals surface area contributed by atoms with Gasteiger partial charge in [0.25, 0.3) is 0 Å². The van der Waals surface area contributed by atoms with Crippen molar-refractivity contribution in [2.75, 3.05) is 13.1 Å². The van der Waals surface area contributed by atoms with Crippen LogP contribution in [0.2, 0.25) is 0 Å². The summed E-state index contributed by atoms with van der Waals surface area (Å²) in [5.74, 6) is -0.452. The minimum Gasteiger partial charge on any atom is -0.369 e. The normalized spacial score (nSPS) is 17.9. The highest BCUT2D eigenvalue weighted by molar-refractivity contribution is 5.81. The summed E-state index contributed by atoms with van der Waals surface area (Å²) >= 11 is 0. The summed E-state index contributed by atoms with van der Waals surface area (Å²) in [4.78, 5) is 25.5. The van der Waals surface area contributed by atoms with Crippen LogP contribution in [0.4, 0.5) is 0 Å². The van der Waals surface area contributed by atoms with Crippen molar-refractivity contribution in [1.82, 2.24) is 9.47 Å². The molecule has 1 aromatic heterocycles. The third-order valence-corrected chi connectivity index (χ3v) is 4.37. The Bertz CT molecular complexity index is 677. The number of primary amides is 1. The standard InChI is InChI=1S/C18H21N3O2/c19-18(23)15-4-3-11-21(13-15)17(22)12-14-5-7-16(8-6-14)20-9-1-2-10-20/h1-2,5-10,15H,3-4,11-13H2,(H2,19,23)/t15-/m0/s1. The van der Waals surface area contributed by atoms with E-state index in [0.717, 1.165) is 24.1 Å². The van der Waals surface area contributed by atoms with Crippen LogP contribution in [0.3, 0.4) is 0 Å². The molecular formula is C18H21N3O2. The van der Waals surface area contributed by atoms with Crippen LogP contribution in [-0.2, 0) is 16.0 Å². The smallest absolute Gasteiger partial charge is 0.227 e. The van der Waals surface area contributed by atoms with Gasteiger partial charge >= 0.3 is 0 Å². The molecule has 1 aliphatic rings. The van der Waals surface area contributed by atoms with Gasteiger partial charge in [-0.05, 0) is 42.7 Å². The van der Waals surface area contributed by atoms with Crippen molar-refractivity contribution in [3.8, 4) is 5.69 Å². The van der Waals surface area contributed by atoms with Gasteiger partial charge in [0.05, 0.1) is 12.3 Å². The molecule has 0 unspecified atom stereocenters.